The molecule has 0 saturated carbocycles. The van der Waals surface area contributed by atoms with Crippen LogP contribution in [0.2, 0.25) is 0 Å². The SMILES string of the molecule is CCc1ncnc(N=C(C)C)c1N(C)C. The van der Waals surface area contributed by atoms with Crippen LogP contribution in [0.1, 0.15) is 26.5 Å². The largest absolute Gasteiger partial charge is 0.373 e. The monoisotopic (exact) mass is 206 g/mol. The second kappa shape index (κ2) is 4.87. The summed E-state index contributed by atoms with van der Waals surface area (Å²) in [6.45, 7) is 6.02. The molecule has 0 bridgehead atoms. The molecule has 0 saturated heterocycles. The van der Waals surface area contributed by atoms with Crippen LogP contribution < -0.4 is 4.90 Å². The minimum Gasteiger partial charge on any atom is -0.373 e. The molecule has 0 aliphatic rings. The lowest BCUT2D eigenvalue weighted by Crippen LogP contribution is -2.13. The van der Waals surface area contributed by atoms with Crippen LogP contribution >= 0.6 is 0 Å². The molecule has 15 heavy (non-hydrogen) atoms. The van der Waals surface area contributed by atoms with Gasteiger partial charge in [-0.2, -0.15) is 0 Å². The van der Waals surface area contributed by atoms with E-state index < -0.39 is 0 Å². The molecule has 0 aromatic carbocycles. The standard InChI is InChI=1S/C11H18N4/c1-6-9-10(15(4)5)11(13-7-12-9)14-8(2)3/h7H,6H2,1-5H3. The Hall–Kier alpha value is -1.45. The van der Waals surface area contributed by atoms with Gasteiger partial charge in [0.05, 0.1) is 5.69 Å². The van der Waals surface area contributed by atoms with Gasteiger partial charge in [0.15, 0.2) is 5.82 Å². The maximum atomic E-state index is 4.41. The lowest BCUT2D eigenvalue weighted by molar-refractivity contribution is 0.959. The summed E-state index contributed by atoms with van der Waals surface area (Å²) < 4.78 is 0. The van der Waals surface area contributed by atoms with Gasteiger partial charge in [-0.1, -0.05) is 6.92 Å². The molecule has 0 spiro atoms. The van der Waals surface area contributed by atoms with Crippen molar-refractivity contribution in [3.05, 3.63) is 12.0 Å². The van der Waals surface area contributed by atoms with Crippen LogP contribution in [0.5, 0.6) is 0 Å². The second-order valence-corrected chi connectivity index (χ2v) is 3.80. The highest BCUT2D eigenvalue weighted by molar-refractivity contribution is 5.83. The first-order valence-electron chi connectivity index (χ1n) is 5.09. The molecule has 4 heteroatoms. The fraction of sp³-hybridized carbons (Fsp3) is 0.545. The number of aliphatic imine (C=N–C) groups is 1. The molecule has 0 amide bonds. The lowest BCUT2D eigenvalue weighted by Gasteiger charge is -2.17. The molecular formula is C11H18N4. The van der Waals surface area contributed by atoms with Gasteiger partial charge in [-0.3, -0.25) is 0 Å². The fourth-order valence-electron chi connectivity index (χ4n) is 1.42. The number of hydrogen-bond donors (Lipinski definition) is 0. The summed E-state index contributed by atoms with van der Waals surface area (Å²) in [5.41, 5.74) is 3.05. The molecule has 1 aromatic rings. The first-order chi connectivity index (χ1) is 7.06. The topological polar surface area (TPSA) is 41.4 Å². The Labute approximate surface area is 91.1 Å². The van der Waals surface area contributed by atoms with E-state index in [4.69, 9.17) is 0 Å². The number of nitrogens with zero attached hydrogens (tertiary/aromatic N) is 4. The summed E-state index contributed by atoms with van der Waals surface area (Å²) >= 11 is 0. The van der Waals surface area contributed by atoms with Crippen LogP contribution in [-0.4, -0.2) is 29.8 Å². The highest BCUT2D eigenvalue weighted by Gasteiger charge is 2.10. The zero-order chi connectivity index (χ0) is 11.4. The van der Waals surface area contributed by atoms with Crippen LogP contribution in [0.25, 0.3) is 0 Å². The van der Waals surface area contributed by atoms with E-state index in [-0.39, 0.29) is 0 Å². The van der Waals surface area contributed by atoms with Crippen molar-refractivity contribution in [3.8, 4) is 0 Å². The average molecular weight is 206 g/mol. The van der Waals surface area contributed by atoms with Crippen molar-refractivity contribution >= 4 is 17.2 Å². The molecule has 0 radical (unpaired) electrons. The van der Waals surface area contributed by atoms with Gasteiger partial charge in [-0.05, 0) is 20.3 Å². The molecule has 0 aliphatic carbocycles. The molecule has 0 atom stereocenters. The summed E-state index contributed by atoms with van der Waals surface area (Å²) in [6.07, 6.45) is 2.47. The van der Waals surface area contributed by atoms with Gasteiger partial charge in [-0.25, -0.2) is 15.0 Å². The van der Waals surface area contributed by atoms with Crippen molar-refractivity contribution in [1.29, 1.82) is 0 Å². The Bertz CT molecular complexity index is 365. The van der Waals surface area contributed by atoms with Gasteiger partial charge in [0.25, 0.3) is 0 Å². The van der Waals surface area contributed by atoms with Crippen molar-refractivity contribution in [2.45, 2.75) is 27.2 Å². The van der Waals surface area contributed by atoms with E-state index in [0.717, 1.165) is 29.3 Å². The summed E-state index contributed by atoms with van der Waals surface area (Å²) in [5, 5.41) is 0. The molecule has 0 N–H and O–H groups in total. The van der Waals surface area contributed by atoms with Crippen molar-refractivity contribution in [1.82, 2.24) is 9.97 Å². The first kappa shape index (κ1) is 11.6. The molecule has 1 heterocycles. The van der Waals surface area contributed by atoms with Crippen molar-refractivity contribution in [2.75, 3.05) is 19.0 Å². The third kappa shape index (κ3) is 2.75. The first-order valence-corrected chi connectivity index (χ1v) is 5.09. The van der Waals surface area contributed by atoms with Gasteiger partial charge in [0.2, 0.25) is 0 Å². The van der Waals surface area contributed by atoms with Crippen molar-refractivity contribution in [3.63, 3.8) is 0 Å². The number of anilines is 1. The third-order valence-electron chi connectivity index (χ3n) is 1.99. The molecular weight excluding hydrogens is 188 g/mol. The van der Waals surface area contributed by atoms with Crippen LogP contribution in [-0.2, 0) is 6.42 Å². The molecule has 1 rings (SSSR count). The maximum Gasteiger partial charge on any atom is 0.179 e. The van der Waals surface area contributed by atoms with Crippen LogP contribution in [0.3, 0.4) is 0 Å². The Morgan fingerprint density at radius 1 is 1.33 bits per heavy atom. The minimum atomic E-state index is 0.756. The quantitative estimate of drug-likeness (QED) is 0.712. The summed E-state index contributed by atoms with van der Waals surface area (Å²) in [4.78, 5) is 14.9. The maximum absolute atomic E-state index is 4.41. The highest BCUT2D eigenvalue weighted by atomic mass is 15.1. The van der Waals surface area contributed by atoms with Crippen LogP contribution in [0.15, 0.2) is 11.3 Å². The van der Waals surface area contributed by atoms with E-state index >= 15 is 0 Å². The third-order valence-corrected chi connectivity index (χ3v) is 1.99. The van der Waals surface area contributed by atoms with Crippen molar-refractivity contribution in [2.24, 2.45) is 4.99 Å². The molecule has 0 aliphatic heterocycles. The van der Waals surface area contributed by atoms with Gasteiger partial charge in [0, 0.05) is 19.8 Å². The fourth-order valence-corrected chi connectivity index (χ4v) is 1.42. The van der Waals surface area contributed by atoms with Gasteiger partial charge in [0.1, 0.15) is 12.0 Å². The number of aryl methyl sites for hydroxylation is 1. The van der Waals surface area contributed by atoms with Crippen LogP contribution in [0.4, 0.5) is 11.5 Å². The smallest absolute Gasteiger partial charge is 0.179 e. The minimum absolute atomic E-state index is 0.756. The molecule has 0 fully saturated rings. The van der Waals surface area contributed by atoms with E-state index in [2.05, 4.69) is 21.9 Å². The summed E-state index contributed by atoms with van der Waals surface area (Å²) in [6, 6.07) is 0. The Balaban J connectivity index is 3.32. The predicted octanol–water partition coefficient (Wildman–Crippen LogP) is 2.22. The normalized spacial score (nSPS) is 9.93. The van der Waals surface area contributed by atoms with Gasteiger partial charge < -0.3 is 4.90 Å². The van der Waals surface area contributed by atoms with E-state index in [1.165, 1.54) is 0 Å². The lowest BCUT2D eigenvalue weighted by atomic mass is 10.2. The van der Waals surface area contributed by atoms with Crippen molar-refractivity contribution < 1.29 is 0 Å². The highest BCUT2D eigenvalue weighted by Crippen LogP contribution is 2.27. The zero-order valence-electron chi connectivity index (χ0n) is 10.1. The Morgan fingerprint density at radius 2 is 2.00 bits per heavy atom. The van der Waals surface area contributed by atoms with E-state index in [9.17, 15) is 0 Å². The van der Waals surface area contributed by atoms with Gasteiger partial charge in [-0.15, -0.1) is 0 Å². The summed E-state index contributed by atoms with van der Waals surface area (Å²) in [7, 11) is 3.98. The van der Waals surface area contributed by atoms with E-state index in [1.54, 1.807) is 6.33 Å². The molecule has 4 nitrogen and oxygen atoms in total. The van der Waals surface area contributed by atoms with Crippen LogP contribution in [0, 0.1) is 0 Å². The number of aromatic nitrogens is 2. The second-order valence-electron chi connectivity index (χ2n) is 3.80. The van der Waals surface area contributed by atoms with E-state index in [1.807, 2.05) is 32.8 Å². The number of rotatable bonds is 3. The molecule has 0 unspecified atom stereocenters. The number of hydrogen-bond acceptors (Lipinski definition) is 4. The molecule has 82 valence electrons. The zero-order valence-corrected chi connectivity index (χ0v) is 10.1. The average Bonchev–Trinajstić information content (AvgIpc) is 2.15. The summed E-state index contributed by atoms with van der Waals surface area (Å²) in [5.74, 6) is 0.756. The van der Waals surface area contributed by atoms with Gasteiger partial charge >= 0.3 is 0 Å². The Kier molecular flexibility index (Phi) is 3.77. The van der Waals surface area contributed by atoms with E-state index in [0.29, 0.717) is 0 Å². The Morgan fingerprint density at radius 3 is 2.47 bits per heavy atom. The predicted molar refractivity (Wildman–Crippen MR) is 64.2 cm³/mol. The molecule has 1 aromatic heterocycles.